The standard InChI is InChI=1S/C24H28ClN3O4/c1-23(2,3)32-22(30)27-9-8-17(14-27)31-18-11-16(12-26-13-18)28-21(29)19-7-6-15(25)10-20(19)24(28,4)5/h6-7,10-13,17H,8-9,14H2,1-5H3. The molecule has 170 valence electrons. The molecule has 0 radical (unpaired) electrons. The van der Waals surface area contributed by atoms with E-state index in [4.69, 9.17) is 21.1 Å². The molecule has 0 spiro atoms. The van der Waals surface area contributed by atoms with Crippen LogP contribution in [0.25, 0.3) is 0 Å². The molecule has 2 amide bonds. The molecule has 4 rings (SSSR count). The summed E-state index contributed by atoms with van der Waals surface area (Å²) in [6.45, 7) is 10.5. The van der Waals surface area contributed by atoms with Crippen LogP contribution in [0, 0.1) is 0 Å². The largest absolute Gasteiger partial charge is 0.487 e. The van der Waals surface area contributed by atoms with Crippen molar-refractivity contribution in [2.75, 3.05) is 18.0 Å². The lowest BCUT2D eigenvalue weighted by Gasteiger charge is -2.32. The van der Waals surface area contributed by atoms with Crippen LogP contribution < -0.4 is 9.64 Å². The van der Waals surface area contributed by atoms with Gasteiger partial charge in [0.05, 0.1) is 30.2 Å². The predicted molar refractivity (Wildman–Crippen MR) is 122 cm³/mol. The van der Waals surface area contributed by atoms with Crippen LogP contribution in [0.15, 0.2) is 36.7 Å². The van der Waals surface area contributed by atoms with Crippen molar-refractivity contribution in [3.63, 3.8) is 0 Å². The number of ether oxygens (including phenoxy) is 2. The highest BCUT2D eigenvalue weighted by Crippen LogP contribution is 2.43. The van der Waals surface area contributed by atoms with E-state index in [9.17, 15) is 9.59 Å². The fourth-order valence-electron chi connectivity index (χ4n) is 4.25. The summed E-state index contributed by atoms with van der Waals surface area (Å²) in [4.78, 5) is 33.2. The first-order valence-corrected chi connectivity index (χ1v) is 11.1. The summed E-state index contributed by atoms with van der Waals surface area (Å²) in [6, 6.07) is 7.15. The van der Waals surface area contributed by atoms with Gasteiger partial charge in [-0.2, -0.15) is 0 Å². The molecule has 0 N–H and O–H groups in total. The third kappa shape index (κ3) is 4.26. The zero-order chi connectivity index (χ0) is 23.3. The highest BCUT2D eigenvalue weighted by Gasteiger charge is 2.44. The SMILES string of the molecule is CC(C)(C)OC(=O)N1CCC(Oc2cncc(N3C(=O)c4ccc(Cl)cc4C3(C)C)c2)C1. The number of hydrogen-bond acceptors (Lipinski definition) is 5. The molecule has 0 saturated carbocycles. The van der Waals surface area contributed by atoms with Crippen LogP contribution in [-0.2, 0) is 10.3 Å². The van der Waals surface area contributed by atoms with Gasteiger partial charge in [0, 0.05) is 29.6 Å². The van der Waals surface area contributed by atoms with E-state index in [1.54, 1.807) is 34.3 Å². The van der Waals surface area contributed by atoms with Gasteiger partial charge in [0.25, 0.3) is 5.91 Å². The van der Waals surface area contributed by atoms with E-state index in [2.05, 4.69) is 4.98 Å². The molecule has 2 aliphatic heterocycles. The molecule has 32 heavy (non-hydrogen) atoms. The molecule has 2 aliphatic rings. The lowest BCUT2D eigenvalue weighted by atomic mass is 9.93. The summed E-state index contributed by atoms with van der Waals surface area (Å²) in [5, 5.41) is 0.595. The minimum atomic E-state index is -0.585. The Bertz CT molecular complexity index is 1060. The van der Waals surface area contributed by atoms with Crippen molar-refractivity contribution in [3.05, 3.63) is 52.8 Å². The van der Waals surface area contributed by atoms with Crippen LogP contribution in [-0.4, -0.2) is 46.7 Å². The van der Waals surface area contributed by atoms with E-state index < -0.39 is 11.1 Å². The highest BCUT2D eigenvalue weighted by atomic mass is 35.5. The number of carbonyl (C=O) groups is 2. The zero-order valence-corrected chi connectivity index (χ0v) is 19.8. The number of benzene rings is 1. The van der Waals surface area contributed by atoms with Crippen LogP contribution in [0.1, 0.15) is 57.0 Å². The summed E-state index contributed by atoms with van der Waals surface area (Å²) in [5.74, 6) is 0.453. The van der Waals surface area contributed by atoms with Crippen LogP contribution >= 0.6 is 11.6 Å². The Balaban J connectivity index is 1.49. The second-order valence-electron chi connectivity index (χ2n) is 9.72. The number of carbonyl (C=O) groups excluding carboxylic acids is 2. The van der Waals surface area contributed by atoms with E-state index in [1.807, 2.05) is 46.8 Å². The Kier molecular flexibility index (Phi) is 5.57. The number of pyridine rings is 1. The van der Waals surface area contributed by atoms with Crippen LogP contribution in [0.5, 0.6) is 5.75 Å². The number of aromatic nitrogens is 1. The Morgan fingerprint density at radius 3 is 2.69 bits per heavy atom. The molecule has 0 aliphatic carbocycles. The molecular weight excluding hydrogens is 430 g/mol. The van der Waals surface area contributed by atoms with Gasteiger partial charge in [0.1, 0.15) is 17.5 Å². The van der Waals surface area contributed by atoms with Gasteiger partial charge in [0.15, 0.2) is 0 Å². The summed E-state index contributed by atoms with van der Waals surface area (Å²) in [7, 11) is 0. The average molecular weight is 458 g/mol. The first-order valence-electron chi connectivity index (χ1n) is 10.7. The molecule has 0 bridgehead atoms. The van der Waals surface area contributed by atoms with Gasteiger partial charge >= 0.3 is 6.09 Å². The smallest absolute Gasteiger partial charge is 0.410 e. The maximum atomic E-state index is 13.2. The van der Waals surface area contributed by atoms with Crippen molar-refractivity contribution in [2.45, 2.75) is 58.3 Å². The minimum Gasteiger partial charge on any atom is -0.487 e. The van der Waals surface area contributed by atoms with Crippen molar-refractivity contribution in [2.24, 2.45) is 0 Å². The molecule has 1 aromatic carbocycles. The maximum Gasteiger partial charge on any atom is 0.410 e. The fraction of sp³-hybridized carbons (Fsp3) is 0.458. The van der Waals surface area contributed by atoms with Crippen molar-refractivity contribution in [1.29, 1.82) is 0 Å². The van der Waals surface area contributed by atoms with Crippen LogP contribution in [0.2, 0.25) is 5.02 Å². The van der Waals surface area contributed by atoms with Crippen molar-refractivity contribution >= 4 is 29.3 Å². The lowest BCUT2D eigenvalue weighted by Crippen LogP contribution is -2.39. The number of fused-ring (bicyclic) bond motifs is 1. The van der Waals surface area contributed by atoms with E-state index in [0.29, 0.717) is 41.5 Å². The normalized spacial score (nSPS) is 19.8. The van der Waals surface area contributed by atoms with E-state index in [1.165, 1.54) is 0 Å². The van der Waals surface area contributed by atoms with Crippen molar-refractivity contribution in [3.8, 4) is 5.75 Å². The second kappa shape index (κ2) is 7.96. The lowest BCUT2D eigenvalue weighted by molar-refractivity contribution is 0.0275. The Morgan fingerprint density at radius 1 is 1.22 bits per heavy atom. The summed E-state index contributed by atoms with van der Waals surface area (Å²) >= 11 is 6.18. The van der Waals surface area contributed by atoms with Gasteiger partial charge in [-0.1, -0.05) is 11.6 Å². The summed E-state index contributed by atoms with van der Waals surface area (Å²) in [6.07, 6.45) is 3.47. The third-order valence-corrected chi connectivity index (χ3v) is 5.92. The van der Waals surface area contributed by atoms with Gasteiger partial charge in [-0.3, -0.25) is 14.7 Å². The first-order chi connectivity index (χ1) is 15.0. The molecule has 1 unspecified atom stereocenters. The molecule has 1 atom stereocenters. The number of rotatable bonds is 3. The van der Waals surface area contributed by atoms with Gasteiger partial charge in [-0.15, -0.1) is 0 Å². The average Bonchev–Trinajstić information content (AvgIpc) is 3.22. The fourth-order valence-corrected chi connectivity index (χ4v) is 4.42. The van der Waals surface area contributed by atoms with E-state index >= 15 is 0 Å². The maximum absolute atomic E-state index is 13.2. The third-order valence-electron chi connectivity index (χ3n) is 5.69. The van der Waals surface area contributed by atoms with E-state index in [-0.39, 0.29) is 18.1 Å². The second-order valence-corrected chi connectivity index (χ2v) is 10.2. The number of likely N-dealkylation sites (tertiary alicyclic amines) is 1. The number of hydrogen-bond donors (Lipinski definition) is 0. The Morgan fingerprint density at radius 2 is 1.97 bits per heavy atom. The number of nitrogens with zero attached hydrogens (tertiary/aromatic N) is 3. The molecule has 2 aromatic rings. The monoisotopic (exact) mass is 457 g/mol. The summed E-state index contributed by atoms with van der Waals surface area (Å²) < 4.78 is 11.6. The Labute approximate surface area is 193 Å². The van der Waals surface area contributed by atoms with Crippen molar-refractivity contribution < 1.29 is 19.1 Å². The number of amides is 2. The number of halogens is 1. The highest BCUT2D eigenvalue weighted by molar-refractivity contribution is 6.31. The molecule has 3 heterocycles. The molecule has 1 saturated heterocycles. The Hall–Kier alpha value is -2.80. The van der Waals surface area contributed by atoms with Gasteiger partial charge < -0.3 is 14.4 Å². The first kappa shape index (κ1) is 22.4. The predicted octanol–water partition coefficient (Wildman–Crippen LogP) is 5.02. The molecule has 7 nitrogen and oxygen atoms in total. The zero-order valence-electron chi connectivity index (χ0n) is 19.0. The topological polar surface area (TPSA) is 72.0 Å². The molecule has 1 fully saturated rings. The van der Waals surface area contributed by atoms with E-state index in [0.717, 1.165) is 5.56 Å². The summed E-state index contributed by atoms with van der Waals surface area (Å²) in [5.41, 5.74) is 1.04. The molecule has 8 heteroatoms. The van der Waals surface area contributed by atoms with Crippen LogP contribution in [0.4, 0.5) is 10.5 Å². The quantitative estimate of drug-likeness (QED) is 0.647. The minimum absolute atomic E-state index is 0.0995. The van der Waals surface area contributed by atoms with Gasteiger partial charge in [0.2, 0.25) is 0 Å². The van der Waals surface area contributed by atoms with Crippen molar-refractivity contribution in [1.82, 2.24) is 9.88 Å². The number of anilines is 1. The molecular formula is C24H28ClN3O4. The molecule has 1 aromatic heterocycles. The van der Waals surface area contributed by atoms with Crippen LogP contribution in [0.3, 0.4) is 0 Å². The van der Waals surface area contributed by atoms with Gasteiger partial charge in [-0.05, 0) is 58.4 Å². The van der Waals surface area contributed by atoms with Gasteiger partial charge in [-0.25, -0.2) is 4.79 Å².